The normalized spacial score (nSPS) is 13.2. The van der Waals surface area contributed by atoms with Gasteiger partial charge in [-0.3, -0.25) is 4.79 Å². The fraction of sp³-hybridized carbons (Fsp3) is 0.400. The first-order valence-electron chi connectivity index (χ1n) is 7.12. The van der Waals surface area contributed by atoms with E-state index in [1.165, 1.54) is 6.26 Å². The number of aromatic nitrogens is 1. The van der Waals surface area contributed by atoms with Gasteiger partial charge in [0.2, 0.25) is 10.0 Å². The lowest BCUT2D eigenvalue weighted by Crippen LogP contribution is -2.36. The monoisotopic (exact) mass is 323 g/mol. The molecule has 1 heterocycles. The SMILES string of the molecule is CC[C@@H](Cn1ccc2cc(C(=O)NC)ccc21)NS(C)(=O)=O. The number of fused-ring (bicyclic) bond motifs is 1. The molecule has 2 rings (SSSR count). The summed E-state index contributed by atoms with van der Waals surface area (Å²) in [5, 5.41) is 3.55. The summed E-state index contributed by atoms with van der Waals surface area (Å²) in [5.41, 5.74) is 1.58. The molecule has 0 saturated carbocycles. The zero-order valence-electron chi connectivity index (χ0n) is 13.0. The molecular weight excluding hydrogens is 302 g/mol. The number of hydrogen-bond donors (Lipinski definition) is 2. The van der Waals surface area contributed by atoms with E-state index in [1.807, 2.05) is 35.9 Å². The molecule has 0 unspecified atom stereocenters. The zero-order valence-corrected chi connectivity index (χ0v) is 13.8. The number of hydrogen-bond acceptors (Lipinski definition) is 3. The first-order chi connectivity index (χ1) is 10.3. The van der Waals surface area contributed by atoms with E-state index in [0.29, 0.717) is 18.5 Å². The standard InChI is InChI=1S/C15H21N3O3S/c1-4-13(17-22(3,20)21)10-18-8-7-11-9-12(15(19)16-2)5-6-14(11)18/h5-9,13,17H,4,10H2,1-3H3,(H,16,19)/t13-/m0/s1. The average molecular weight is 323 g/mol. The molecule has 6 nitrogen and oxygen atoms in total. The van der Waals surface area contributed by atoms with Gasteiger partial charge < -0.3 is 9.88 Å². The number of carbonyl (C=O) groups is 1. The van der Waals surface area contributed by atoms with Gasteiger partial charge in [0.05, 0.1) is 6.26 Å². The summed E-state index contributed by atoms with van der Waals surface area (Å²) in [5.74, 6) is -0.125. The van der Waals surface area contributed by atoms with Crippen molar-refractivity contribution in [1.29, 1.82) is 0 Å². The molecule has 0 fully saturated rings. The highest BCUT2D eigenvalue weighted by atomic mass is 32.2. The predicted octanol–water partition coefficient (Wildman–Crippen LogP) is 1.33. The van der Waals surface area contributed by atoms with Gasteiger partial charge in [-0.25, -0.2) is 13.1 Å². The molecule has 0 aliphatic carbocycles. The Morgan fingerprint density at radius 2 is 2.05 bits per heavy atom. The Hall–Kier alpha value is -1.86. The van der Waals surface area contributed by atoms with E-state index in [0.717, 1.165) is 10.9 Å². The quantitative estimate of drug-likeness (QED) is 0.841. The maximum absolute atomic E-state index is 11.7. The number of sulfonamides is 1. The molecule has 2 aromatic rings. The van der Waals surface area contributed by atoms with Crippen molar-refractivity contribution in [2.24, 2.45) is 0 Å². The van der Waals surface area contributed by atoms with Crippen LogP contribution in [0.3, 0.4) is 0 Å². The summed E-state index contributed by atoms with van der Waals surface area (Å²) >= 11 is 0. The van der Waals surface area contributed by atoms with Gasteiger partial charge in [0.25, 0.3) is 5.91 Å². The second-order valence-electron chi connectivity index (χ2n) is 5.32. The molecule has 22 heavy (non-hydrogen) atoms. The van der Waals surface area contributed by atoms with Crippen LogP contribution in [0, 0.1) is 0 Å². The Labute approximate surface area is 130 Å². The lowest BCUT2D eigenvalue weighted by atomic mass is 10.1. The van der Waals surface area contributed by atoms with Crippen LogP contribution in [0.4, 0.5) is 0 Å². The third kappa shape index (κ3) is 3.86. The second-order valence-corrected chi connectivity index (χ2v) is 7.10. The minimum Gasteiger partial charge on any atom is -0.355 e. The summed E-state index contributed by atoms with van der Waals surface area (Å²) in [6.45, 7) is 2.49. The van der Waals surface area contributed by atoms with Crippen LogP contribution in [0.25, 0.3) is 10.9 Å². The van der Waals surface area contributed by atoms with E-state index >= 15 is 0 Å². The molecule has 0 spiro atoms. The Bertz CT molecular complexity index is 780. The number of benzene rings is 1. The van der Waals surface area contributed by atoms with E-state index in [2.05, 4.69) is 10.0 Å². The molecule has 0 bridgehead atoms. The van der Waals surface area contributed by atoms with Crippen molar-refractivity contribution in [3.8, 4) is 0 Å². The van der Waals surface area contributed by atoms with Crippen molar-refractivity contribution in [2.45, 2.75) is 25.9 Å². The lowest BCUT2D eigenvalue weighted by Gasteiger charge is -2.17. The van der Waals surface area contributed by atoms with Crippen LogP contribution >= 0.6 is 0 Å². The highest BCUT2D eigenvalue weighted by Gasteiger charge is 2.14. The molecule has 120 valence electrons. The van der Waals surface area contributed by atoms with E-state index in [4.69, 9.17) is 0 Å². The fourth-order valence-corrected chi connectivity index (χ4v) is 3.28. The maximum Gasteiger partial charge on any atom is 0.251 e. The van der Waals surface area contributed by atoms with Gasteiger partial charge in [-0.2, -0.15) is 0 Å². The van der Waals surface area contributed by atoms with Crippen molar-refractivity contribution < 1.29 is 13.2 Å². The van der Waals surface area contributed by atoms with Crippen LogP contribution in [0.15, 0.2) is 30.5 Å². The topological polar surface area (TPSA) is 80.2 Å². The number of carbonyl (C=O) groups excluding carboxylic acids is 1. The largest absolute Gasteiger partial charge is 0.355 e. The van der Waals surface area contributed by atoms with Gasteiger partial charge in [0.15, 0.2) is 0 Å². The molecule has 7 heteroatoms. The summed E-state index contributed by atoms with van der Waals surface area (Å²) in [6.07, 6.45) is 3.77. The van der Waals surface area contributed by atoms with Crippen molar-refractivity contribution >= 4 is 26.8 Å². The smallest absolute Gasteiger partial charge is 0.251 e. The number of nitrogens with zero attached hydrogens (tertiary/aromatic N) is 1. The highest BCUT2D eigenvalue weighted by molar-refractivity contribution is 7.88. The van der Waals surface area contributed by atoms with Crippen LogP contribution in [0.5, 0.6) is 0 Å². The Kier molecular flexibility index (Phi) is 4.87. The Morgan fingerprint density at radius 3 is 2.64 bits per heavy atom. The van der Waals surface area contributed by atoms with Crippen LogP contribution in [0.1, 0.15) is 23.7 Å². The third-order valence-electron chi connectivity index (χ3n) is 3.55. The van der Waals surface area contributed by atoms with Gasteiger partial charge >= 0.3 is 0 Å². The molecule has 0 aliphatic rings. The van der Waals surface area contributed by atoms with Gasteiger partial charge in [-0.1, -0.05) is 6.92 Å². The number of rotatable bonds is 6. The summed E-state index contributed by atoms with van der Waals surface area (Å²) < 4.78 is 27.4. The second kappa shape index (κ2) is 6.50. The molecule has 0 radical (unpaired) electrons. The van der Waals surface area contributed by atoms with E-state index < -0.39 is 10.0 Å². The Morgan fingerprint density at radius 1 is 1.32 bits per heavy atom. The molecule has 2 N–H and O–H groups in total. The highest BCUT2D eigenvalue weighted by Crippen LogP contribution is 2.18. The van der Waals surface area contributed by atoms with Crippen molar-refractivity contribution in [3.63, 3.8) is 0 Å². The van der Waals surface area contributed by atoms with Gasteiger partial charge in [0.1, 0.15) is 0 Å². The predicted molar refractivity (Wildman–Crippen MR) is 87.4 cm³/mol. The van der Waals surface area contributed by atoms with E-state index in [-0.39, 0.29) is 11.9 Å². The lowest BCUT2D eigenvalue weighted by molar-refractivity contribution is 0.0963. The molecule has 0 aliphatic heterocycles. The third-order valence-corrected chi connectivity index (χ3v) is 4.31. The zero-order chi connectivity index (χ0) is 16.3. The summed E-state index contributed by atoms with van der Waals surface area (Å²) in [6, 6.07) is 7.24. The van der Waals surface area contributed by atoms with E-state index in [1.54, 1.807) is 13.1 Å². The van der Waals surface area contributed by atoms with E-state index in [9.17, 15) is 13.2 Å². The average Bonchev–Trinajstić information content (AvgIpc) is 2.86. The molecular formula is C15H21N3O3S. The van der Waals surface area contributed by atoms with Crippen LogP contribution in [-0.2, 0) is 16.6 Å². The first-order valence-corrected chi connectivity index (χ1v) is 9.01. The summed E-state index contributed by atoms with van der Waals surface area (Å²) in [7, 11) is -1.63. The molecule has 1 amide bonds. The minimum atomic E-state index is -3.23. The molecule has 1 atom stereocenters. The van der Waals surface area contributed by atoms with Crippen LogP contribution < -0.4 is 10.0 Å². The molecule has 1 aromatic heterocycles. The number of nitrogens with one attached hydrogen (secondary N) is 2. The molecule has 1 aromatic carbocycles. The molecule has 0 saturated heterocycles. The van der Waals surface area contributed by atoms with Crippen molar-refractivity contribution in [3.05, 3.63) is 36.0 Å². The van der Waals surface area contributed by atoms with Crippen molar-refractivity contribution in [2.75, 3.05) is 13.3 Å². The van der Waals surface area contributed by atoms with Gasteiger partial charge in [0, 0.05) is 42.3 Å². The minimum absolute atomic E-state index is 0.125. The van der Waals surface area contributed by atoms with Crippen molar-refractivity contribution in [1.82, 2.24) is 14.6 Å². The van der Waals surface area contributed by atoms with Crippen LogP contribution in [0.2, 0.25) is 0 Å². The Balaban J connectivity index is 2.27. The fourth-order valence-electron chi connectivity index (χ4n) is 2.43. The maximum atomic E-state index is 11.7. The van der Waals surface area contributed by atoms with Crippen LogP contribution in [-0.4, -0.2) is 38.2 Å². The van der Waals surface area contributed by atoms with Gasteiger partial charge in [-0.15, -0.1) is 0 Å². The number of amides is 1. The first kappa shape index (κ1) is 16.5. The summed E-state index contributed by atoms with van der Waals surface area (Å²) in [4.78, 5) is 11.7. The van der Waals surface area contributed by atoms with Gasteiger partial charge in [-0.05, 0) is 30.7 Å².